The van der Waals surface area contributed by atoms with Crippen LogP contribution in [0.15, 0.2) is 22.7 Å². The standard InChI is InChI=1S/C17H26BrN/c1-3-11-19-17(14-7-5-4-6-8-14)15-10-9-13(2)16(18)12-15/h9-10,12,14,17,19H,3-8,11H2,1-2H3. The molecule has 0 heterocycles. The number of hydrogen-bond acceptors (Lipinski definition) is 1. The summed E-state index contributed by atoms with van der Waals surface area (Å²) in [5, 5.41) is 3.78. The molecule has 1 N–H and O–H groups in total. The van der Waals surface area contributed by atoms with Gasteiger partial charge >= 0.3 is 0 Å². The van der Waals surface area contributed by atoms with Crippen LogP contribution in [-0.4, -0.2) is 6.54 Å². The van der Waals surface area contributed by atoms with Crippen molar-refractivity contribution >= 4 is 15.9 Å². The Morgan fingerprint density at radius 2 is 2.00 bits per heavy atom. The van der Waals surface area contributed by atoms with Gasteiger partial charge in [-0.05, 0) is 55.8 Å². The molecule has 0 aromatic heterocycles. The second kappa shape index (κ2) is 7.44. The van der Waals surface area contributed by atoms with Crippen LogP contribution in [0.2, 0.25) is 0 Å². The highest BCUT2D eigenvalue weighted by Crippen LogP contribution is 2.35. The van der Waals surface area contributed by atoms with Gasteiger partial charge in [0.15, 0.2) is 0 Å². The van der Waals surface area contributed by atoms with Crippen molar-refractivity contribution in [3.8, 4) is 0 Å². The number of hydrogen-bond donors (Lipinski definition) is 1. The van der Waals surface area contributed by atoms with E-state index in [1.165, 1.54) is 54.1 Å². The van der Waals surface area contributed by atoms with E-state index in [4.69, 9.17) is 0 Å². The fraction of sp³-hybridized carbons (Fsp3) is 0.647. The molecule has 0 bridgehead atoms. The Kier molecular flexibility index (Phi) is 5.90. The molecule has 0 saturated heterocycles. The van der Waals surface area contributed by atoms with Gasteiger partial charge < -0.3 is 5.32 Å². The van der Waals surface area contributed by atoms with Crippen LogP contribution in [0.25, 0.3) is 0 Å². The molecule has 1 unspecified atom stereocenters. The zero-order chi connectivity index (χ0) is 13.7. The van der Waals surface area contributed by atoms with E-state index in [2.05, 4.69) is 53.3 Å². The summed E-state index contributed by atoms with van der Waals surface area (Å²) in [5.41, 5.74) is 2.78. The maximum atomic E-state index is 3.78. The van der Waals surface area contributed by atoms with Gasteiger partial charge in [0.05, 0.1) is 0 Å². The van der Waals surface area contributed by atoms with Gasteiger partial charge in [-0.15, -0.1) is 0 Å². The lowest BCUT2D eigenvalue weighted by molar-refractivity contribution is 0.272. The number of halogens is 1. The van der Waals surface area contributed by atoms with Crippen LogP contribution in [0, 0.1) is 12.8 Å². The summed E-state index contributed by atoms with van der Waals surface area (Å²) in [6.45, 7) is 5.52. The third-order valence-electron chi connectivity index (χ3n) is 4.29. The molecule has 1 atom stereocenters. The number of aryl methyl sites for hydroxylation is 1. The first-order chi connectivity index (χ1) is 9.22. The van der Waals surface area contributed by atoms with E-state index in [1.807, 2.05) is 0 Å². The molecule has 1 saturated carbocycles. The van der Waals surface area contributed by atoms with Gasteiger partial charge in [-0.2, -0.15) is 0 Å². The zero-order valence-electron chi connectivity index (χ0n) is 12.2. The van der Waals surface area contributed by atoms with Crippen LogP contribution in [0.4, 0.5) is 0 Å². The molecule has 19 heavy (non-hydrogen) atoms. The van der Waals surface area contributed by atoms with Crippen LogP contribution >= 0.6 is 15.9 Å². The minimum Gasteiger partial charge on any atom is -0.310 e. The fourth-order valence-corrected chi connectivity index (χ4v) is 3.52. The summed E-state index contributed by atoms with van der Waals surface area (Å²) in [4.78, 5) is 0. The quantitative estimate of drug-likeness (QED) is 0.767. The van der Waals surface area contributed by atoms with Crippen LogP contribution in [0.3, 0.4) is 0 Å². The van der Waals surface area contributed by atoms with E-state index in [0.717, 1.165) is 12.5 Å². The minimum absolute atomic E-state index is 0.539. The molecule has 2 heteroatoms. The third kappa shape index (κ3) is 4.06. The molecular formula is C17H26BrN. The summed E-state index contributed by atoms with van der Waals surface area (Å²) >= 11 is 3.68. The van der Waals surface area contributed by atoms with E-state index in [1.54, 1.807) is 0 Å². The van der Waals surface area contributed by atoms with Crippen molar-refractivity contribution in [2.24, 2.45) is 5.92 Å². The van der Waals surface area contributed by atoms with Gasteiger partial charge in [-0.25, -0.2) is 0 Å². The van der Waals surface area contributed by atoms with Crippen molar-refractivity contribution in [3.63, 3.8) is 0 Å². The molecule has 0 radical (unpaired) electrons. The van der Waals surface area contributed by atoms with E-state index in [0.29, 0.717) is 6.04 Å². The van der Waals surface area contributed by atoms with Gasteiger partial charge in [0.1, 0.15) is 0 Å². The smallest absolute Gasteiger partial charge is 0.0349 e. The van der Waals surface area contributed by atoms with Crippen LogP contribution in [-0.2, 0) is 0 Å². The Morgan fingerprint density at radius 3 is 2.63 bits per heavy atom. The van der Waals surface area contributed by atoms with Gasteiger partial charge in [-0.1, -0.05) is 54.2 Å². The summed E-state index contributed by atoms with van der Waals surface area (Å²) in [6.07, 6.45) is 8.20. The van der Waals surface area contributed by atoms with Crippen molar-refractivity contribution < 1.29 is 0 Å². The third-order valence-corrected chi connectivity index (χ3v) is 5.14. The van der Waals surface area contributed by atoms with Crippen molar-refractivity contribution in [3.05, 3.63) is 33.8 Å². The average Bonchev–Trinajstić information content (AvgIpc) is 2.44. The fourth-order valence-electron chi connectivity index (χ4n) is 3.13. The summed E-state index contributed by atoms with van der Waals surface area (Å²) in [6, 6.07) is 7.40. The molecule has 2 rings (SSSR count). The molecule has 1 aromatic rings. The zero-order valence-corrected chi connectivity index (χ0v) is 13.8. The molecule has 0 spiro atoms. The Morgan fingerprint density at radius 1 is 1.26 bits per heavy atom. The maximum absolute atomic E-state index is 3.78. The van der Waals surface area contributed by atoms with Crippen LogP contribution in [0.5, 0.6) is 0 Å². The molecule has 1 nitrogen and oxygen atoms in total. The Balaban J connectivity index is 2.17. The SMILES string of the molecule is CCCNC(c1ccc(C)c(Br)c1)C1CCCCC1. The maximum Gasteiger partial charge on any atom is 0.0349 e. The molecule has 1 aromatic carbocycles. The number of rotatable bonds is 5. The lowest BCUT2D eigenvalue weighted by atomic mass is 9.81. The second-order valence-corrected chi connectivity index (χ2v) is 6.69. The molecule has 1 aliphatic rings. The van der Waals surface area contributed by atoms with Crippen molar-refractivity contribution in [2.45, 2.75) is 58.4 Å². The number of benzene rings is 1. The molecule has 0 aliphatic heterocycles. The van der Waals surface area contributed by atoms with E-state index in [9.17, 15) is 0 Å². The van der Waals surface area contributed by atoms with Gasteiger partial charge in [0.2, 0.25) is 0 Å². The Bertz CT molecular complexity index is 396. The molecular weight excluding hydrogens is 298 g/mol. The highest BCUT2D eigenvalue weighted by atomic mass is 79.9. The second-order valence-electron chi connectivity index (χ2n) is 5.84. The Labute approximate surface area is 126 Å². The van der Waals surface area contributed by atoms with Gasteiger partial charge in [0.25, 0.3) is 0 Å². The molecule has 1 fully saturated rings. The summed E-state index contributed by atoms with van der Waals surface area (Å²) in [5.74, 6) is 0.815. The predicted octanol–water partition coefficient (Wildman–Crippen LogP) is 5.38. The summed E-state index contributed by atoms with van der Waals surface area (Å²) < 4.78 is 1.24. The highest BCUT2D eigenvalue weighted by Gasteiger charge is 2.24. The van der Waals surface area contributed by atoms with Gasteiger partial charge in [-0.3, -0.25) is 0 Å². The number of nitrogens with one attached hydrogen (secondary N) is 1. The van der Waals surface area contributed by atoms with E-state index < -0.39 is 0 Å². The summed E-state index contributed by atoms with van der Waals surface area (Å²) in [7, 11) is 0. The van der Waals surface area contributed by atoms with Crippen molar-refractivity contribution in [1.29, 1.82) is 0 Å². The first-order valence-electron chi connectivity index (χ1n) is 7.71. The topological polar surface area (TPSA) is 12.0 Å². The average molecular weight is 324 g/mol. The lowest BCUT2D eigenvalue weighted by Crippen LogP contribution is -2.30. The lowest BCUT2D eigenvalue weighted by Gasteiger charge is -2.31. The minimum atomic E-state index is 0.539. The van der Waals surface area contributed by atoms with E-state index in [-0.39, 0.29) is 0 Å². The normalized spacial score (nSPS) is 18.5. The van der Waals surface area contributed by atoms with Crippen LogP contribution < -0.4 is 5.32 Å². The van der Waals surface area contributed by atoms with Crippen molar-refractivity contribution in [2.75, 3.05) is 6.54 Å². The first-order valence-corrected chi connectivity index (χ1v) is 8.51. The van der Waals surface area contributed by atoms with Crippen molar-refractivity contribution in [1.82, 2.24) is 5.32 Å². The predicted molar refractivity (Wildman–Crippen MR) is 86.5 cm³/mol. The highest BCUT2D eigenvalue weighted by molar-refractivity contribution is 9.10. The monoisotopic (exact) mass is 323 g/mol. The molecule has 0 amide bonds. The first kappa shape index (κ1) is 15.1. The van der Waals surface area contributed by atoms with E-state index >= 15 is 0 Å². The van der Waals surface area contributed by atoms with Gasteiger partial charge in [0, 0.05) is 10.5 Å². The Hall–Kier alpha value is -0.340. The van der Waals surface area contributed by atoms with Crippen LogP contribution in [0.1, 0.15) is 62.6 Å². The molecule has 1 aliphatic carbocycles. The molecule has 106 valence electrons. The largest absolute Gasteiger partial charge is 0.310 e.